The molecule has 8 heteroatoms. The van der Waals surface area contributed by atoms with E-state index in [-0.39, 0.29) is 0 Å². The Morgan fingerprint density at radius 1 is 1.00 bits per heavy atom. The molecule has 0 bridgehead atoms. The molecule has 6 nitrogen and oxygen atoms in total. The first-order valence-electron chi connectivity index (χ1n) is 9.66. The minimum Gasteiger partial charge on any atom is -0.493 e. The van der Waals surface area contributed by atoms with Gasteiger partial charge in [-0.3, -0.25) is 4.98 Å². The van der Waals surface area contributed by atoms with E-state index < -0.39 is 0 Å². The molecule has 0 radical (unpaired) electrons. The molecule has 0 unspecified atom stereocenters. The van der Waals surface area contributed by atoms with Gasteiger partial charge < -0.3 is 14.8 Å². The smallest absolute Gasteiger partial charge is 0.162 e. The molecule has 0 amide bonds. The Kier molecular flexibility index (Phi) is 6.64. The molecule has 4 aromatic rings. The van der Waals surface area contributed by atoms with Crippen molar-refractivity contribution in [2.75, 3.05) is 26.1 Å². The fraction of sp³-hybridized carbons (Fsp3) is 0.174. The number of fused-ring (bicyclic) bond motifs is 1. The number of aromatic nitrogens is 3. The second kappa shape index (κ2) is 9.76. The highest BCUT2D eigenvalue weighted by Gasteiger charge is 2.12. The molecule has 0 aliphatic carbocycles. The highest BCUT2D eigenvalue weighted by atomic mass is 35.5. The standard InChI is InChI=1S/C23H21ClN4O2S/c1-29-19-13-17-18(14-20(19)30-2)27-22(6-4-16-3-5-21(24)31-16)28-23(17)26-12-9-15-7-10-25-11-8-15/h3-8,10-11,13-14H,9,12H2,1-2H3,(H,26,27,28)/b6-4+. The van der Waals surface area contributed by atoms with Gasteiger partial charge >= 0.3 is 0 Å². The van der Waals surface area contributed by atoms with Crippen LogP contribution in [-0.4, -0.2) is 35.7 Å². The van der Waals surface area contributed by atoms with Crippen molar-refractivity contribution in [2.24, 2.45) is 0 Å². The van der Waals surface area contributed by atoms with Gasteiger partial charge in [0.25, 0.3) is 0 Å². The summed E-state index contributed by atoms with van der Waals surface area (Å²) in [5.74, 6) is 2.59. The van der Waals surface area contributed by atoms with Crippen molar-refractivity contribution >= 4 is 51.8 Å². The van der Waals surface area contributed by atoms with Crippen LogP contribution in [0.2, 0.25) is 4.34 Å². The van der Waals surface area contributed by atoms with Gasteiger partial charge in [0.15, 0.2) is 17.3 Å². The van der Waals surface area contributed by atoms with Crippen LogP contribution in [0.15, 0.2) is 48.8 Å². The van der Waals surface area contributed by atoms with E-state index >= 15 is 0 Å². The van der Waals surface area contributed by atoms with Crippen LogP contribution in [-0.2, 0) is 6.42 Å². The van der Waals surface area contributed by atoms with Crippen LogP contribution < -0.4 is 14.8 Å². The van der Waals surface area contributed by atoms with E-state index in [9.17, 15) is 0 Å². The van der Waals surface area contributed by atoms with Crippen molar-refractivity contribution in [2.45, 2.75) is 6.42 Å². The molecule has 3 heterocycles. The minimum absolute atomic E-state index is 0.593. The number of halogens is 1. The first kappa shape index (κ1) is 21.1. The quantitative estimate of drug-likeness (QED) is 0.376. The Morgan fingerprint density at radius 3 is 2.48 bits per heavy atom. The predicted molar refractivity (Wildman–Crippen MR) is 127 cm³/mol. The Balaban J connectivity index is 1.68. The van der Waals surface area contributed by atoms with Crippen molar-refractivity contribution in [3.05, 3.63) is 69.4 Å². The molecule has 0 saturated heterocycles. The van der Waals surface area contributed by atoms with Crippen molar-refractivity contribution in [3.8, 4) is 11.5 Å². The van der Waals surface area contributed by atoms with Crippen molar-refractivity contribution in [1.82, 2.24) is 15.0 Å². The second-order valence-electron chi connectivity index (χ2n) is 6.66. The maximum absolute atomic E-state index is 6.03. The normalized spacial score (nSPS) is 11.2. The van der Waals surface area contributed by atoms with Crippen LogP contribution in [0.3, 0.4) is 0 Å². The number of nitrogens with one attached hydrogen (secondary N) is 1. The van der Waals surface area contributed by atoms with Crippen LogP contribution in [0.5, 0.6) is 11.5 Å². The molecule has 1 aromatic carbocycles. The van der Waals surface area contributed by atoms with E-state index in [0.29, 0.717) is 23.9 Å². The van der Waals surface area contributed by atoms with E-state index in [4.69, 9.17) is 31.0 Å². The van der Waals surface area contributed by atoms with Crippen molar-refractivity contribution in [1.29, 1.82) is 0 Å². The van der Waals surface area contributed by atoms with Gasteiger partial charge in [-0.1, -0.05) is 11.6 Å². The number of anilines is 1. The van der Waals surface area contributed by atoms with Gasteiger partial charge in [-0.15, -0.1) is 11.3 Å². The first-order valence-corrected chi connectivity index (χ1v) is 10.9. The average molecular weight is 453 g/mol. The van der Waals surface area contributed by atoms with Crippen molar-refractivity contribution in [3.63, 3.8) is 0 Å². The molecule has 1 N–H and O–H groups in total. The Labute approximate surface area is 189 Å². The summed E-state index contributed by atoms with van der Waals surface area (Å²) in [4.78, 5) is 14.5. The molecule has 4 rings (SSSR count). The molecule has 0 fully saturated rings. The van der Waals surface area contributed by atoms with Gasteiger partial charge in [-0.2, -0.15) is 0 Å². The Hall–Kier alpha value is -3.16. The maximum Gasteiger partial charge on any atom is 0.162 e. The topological polar surface area (TPSA) is 69.2 Å². The number of benzene rings is 1. The third-order valence-corrected chi connectivity index (χ3v) is 5.86. The summed E-state index contributed by atoms with van der Waals surface area (Å²) < 4.78 is 11.7. The molecular weight excluding hydrogens is 432 g/mol. The molecule has 158 valence electrons. The van der Waals surface area contributed by atoms with Crippen LogP contribution in [0, 0.1) is 0 Å². The second-order valence-corrected chi connectivity index (χ2v) is 8.41. The number of thiophene rings is 1. The van der Waals surface area contributed by atoms with Gasteiger partial charge in [-0.05, 0) is 54.5 Å². The lowest BCUT2D eigenvalue weighted by Crippen LogP contribution is -2.08. The van der Waals surface area contributed by atoms with Gasteiger partial charge in [0.05, 0.1) is 24.1 Å². The summed E-state index contributed by atoms with van der Waals surface area (Å²) in [6.45, 7) is 0.716. The SMILES string of the molecule is COc1cc2nc(/C=C/c3ccc(Cl)s3)nc(NCCc3ccncc3)c2cc1OC. The Bertz CT molecular complexity index is 1210. The fourth-order valence-electron chi connectivity index (χ4n) is 3.13. The molecule has 0 saturated carbocycles. The van der Waals surface area contributed by atoms with E-state index in [1.165, 1.54) is 16.9 Å². The van der Waals surface area contributed by atoms with E-state index in [0.717, 1.165) is 32.4 Å². The summed E-state index contributed by atoms with van der Waals surface area (Å²) in [5.41, 5.74) is 1.97. The lowest BCUT2D eigenvalue weighted by Gasteiger charge is -2.13. The largest absolute Gasteiger partial charge is 0.493 e. The van der Waals surface area contributed by atoms with E-state index in [1.54, 1.807) is 26.6 Å². The summed E-state index contributed by atoms with van der Waals surface area (Å²) in [6, 6.07) is 11.6. The number of rotatable bonds is 8. The third kappa shape index (κ3) is 5.13. The first-order chi connectivity index (χ1) is 15.2. The summed E-state index contributed by atoms with van der Waals surface area (Å²) in [7, 11) is 3.23. The third-order valence-electron chi connectivity index (χ3n) is 4.66. The number of methoxy groups -OCH3 is 2. The van der Waals surface area contributed by atoms with Crippen LogP contribution in [0.4, 0.5) is 5.82 Å². The highest BCUT2D eigenvalue weighted by Crippen LogP contribution is 2.34. The summed E-state index contributed by atoms with van der Waals surface area (Å²) in [5, 5.41) is 4.31. The number of pyridine rings is 1. The average Bonchev–Trinajstić information content (AvgIpc) is 3.22. The predicted octanol–water partition coefficient (Wildman–Crippen LogP) is 5.58. The minimum atomic E-state index is 0.593. The lowest BCUT2D eigenvalue weighted by atomic mass is 10.2. The van der Waals surface area contributed by atoms with E-state index in [2.05, 4.69) is 10.3 Å². The van der Waals surface area contributed by atoms with Gasteiger partial charge in [0, 0.05) is 35.3 Å². The fourth-order valence-corrected chi connectivity index (χ4v) is 4.10. The monoisotopic (exact) mass is 452 g/mol. The van der Waals surface area contributed by atoms with Crippen LogP contribution in [0.1, 0.15) is 16.3 Å². The van der Waals surface area contributed by atoms with Crippen LogP contribution >= 0.6 is 22.9 Å². The zero-order chi connectivity index (χ0) is 21.6. The number of hydrogen-bond acceptors (Lipinski definition) is 7. The van der Waals surface area contributed by atoms with Crippen LogP contribution in [0.25, 0.3) is 23.1 Å². The maximum atomic E-state index is 6.03. The zero-order valence-electron chi connectivity index (χ0n) is 17.1. The number of hydrogen-bond donors (Lipinski definition) is 1. The Morgan fingerprint density at radius 2 is 1.77 bits per heavy atom. The molecular formula is C23H21ClN4O2S. The molecule has 0 aliphatic heterocycles. The highest BCUT2D eigenvalue weighted by molar-refractivity contribution is 7.17. The summed E-state index contributed by atoms with van der Waals surface area (Å²) in [6.07, 6.45) is 8.28. The van der Waals surface area contributed by atoms with E-state index in [1.807, 2.05) is 48.6 Å². The zero-order valence-corrected chi connectivity index (χ0v) is 18.7. The molecule has 0 aliphatic rings. The van der Waals surface area contributed by atoms with Gasteiger partial charge in [0.1, 0.15) is 5.82 Å². The van der Waals surface area contributed by atoms with Gasteiger partial charge in [0.2, 0.25) is 0 Å². The number of ether oxygens (including phenoxy) is 2. The molecule has 31 heavy (non-hydrogen) atoms. The van der Waals surface area contributed by atoms with Gasteiger partial charge in [-0.25, -0.2) is 9.97 Å². The van der Waals surface area contributed by atoms with Crippen molar-refractivity contribution < 1.29 is 9.47 Å². The number of nitrogens with zero attached hydrogens (tertiary/aromatic N) is 3. The molecule has 0 atom stereocenters. The lowest BCUT2D eigenvalue weighted by molar-refractivity contribution is 0.356. The molecule has 0 spiro atoms. The summed E-state index contributed by atoms with van der Waals surface area (Å²) >= 11 is 7.53. The molecule has 3 aromatic heterocycles.